The first kappa shape index (κ1) is 11.2. The Labute approximate surface area is 107 Å². The molecule has 0 aromatic carbocycles. The molecule has 0 spiro atoms. The molecule has 0 saturated heterocycles. The van der Waals surface area contributed by atoms with E-state index in [-0.39, 0.29) is 24.0 Å². The molecule has 19 heavy (non-hydrogen) atoms. The molecule has 0 fully saturated rings. The second-order valence-electron chi connectivity index (χ2n) is 3.82. The van der Waals surface area contributed by atoms with Crippen molar-refractivity contribution in [2.45, 2.75) is 0 Å². The summed E-state index contributed by atoms with van der Waals surface area (Å²) < 4.78 is 5.01. The smallest absolute Gasteiger partial charge is 0.224 e. The molecular formula is C11H10N6O2. The van der Waals surface area contributed by atoms with Gasteiger partial charge in [-0.15, -0.1) is 0 Å². The number of nitrogens with two attached hydrogens (primary N) is 1. The number of furan rings is 1. The molecule has 3 heterocycles. The fourth-order valence-corrected chi connectivity index (χ4v) is 1.68. The number of rotatable bonds is 4. The number of ketones is 1. The van der Waals surface area contributed by atoms with Crippen LogP contribution in [0.3, 0.4) is 0 Å². The number of carbonyl (C=O) groups is 1. The van der Waals surface area contributed by atoms with Crippen molar-refractivity contribution in [3.63, 3.8) is 0 Å². The molecule has 3 rings (SSSR count). The number of nitrogen functional groups attached to an aromatic ring is 1. The summed E-state index contributed by atoms with van der Waals surface area (Å²) in [7, 11) is 0. The van der Waals surface area contributed by atoms with E-state index in [4.69, 9.17) is 10.2 Å². The zero-order valence-electron chi connectivity index (χ0n) is 9.75. The highest BCUT2D eigenvalue weighted by Gasteiger charge is 2.12. The third kappa shape index (κ3) is 2.10. The molecule has 0 saturated carbocycles. The van der Waals surface area contributed by atoms with Crippen LogP contribution >= 0.6 is 0 Å². The summed E-state index contributed by atoms with van der Waals surface area (Å²) in [5.41, 5.74) is 6.09. The van der Waals surface area contributed by atoms with Crippen molar-refractivity contribution in [1.82, 2.24) is 20.2 Å². The Morgan fingerprint density at radius 2 is 2.37 bits per heavy atom. The molecular weight excluding hydrogens is 248 g/mol. The summed E-state index contributed by atoms with van der Waals surface area (Å²) in [6, 6.07) is 3.26. The molecule has 3 aromatic heterocycles. The highest BCUT2D eigenvalue weighted by atomic mass is 16.3. The van der Waals surface area contributed by atoms with E-state index in [0.717, 1.165) is 0 Å². The lowest BCUT2D eigenvalue weighted by Crippen LogP contribution is -2.15. The Bertz CT molecular complexity index is 718. The molecule has 8 heteroatoms. The van der Waals surface area contributed by atoms with Crippen LogP contribution in [0.1, 0.15) is 10.6 Å². The van der Waals surface area contributed by atoms with E-state index in [0.29, 0.717) is 16.9 Å². The molecule has 4 N–H and O–H groups in total. The van der Waals surface area contributed by atoms with Crippen LogP contribution in [0.15, 0.2) is 29.0 Å². The fourth-order valence-electron chi connectivity index (χ4n) is 1.68. The predicted molar refractivity (Wildman–Crippen MR) is 67.6 cm³/mol. The standard InChI is InChI=1S/C11H10N6O2/c12-11-15-9(6-4-14-17-10(6)16-11)13-5-7(18)8-2-1-3-19-8/h1-4H,5H2,(H4,12,13,14,15,16,17). The number of nitrogens with zero attached hydrogens (tertiary/aromatic N) is 3. The molecule has 96 valence electrons. The molecule has 0 aliphatic heterocycles. The molecule has 0 aliphatic rings. The number of nitrogens with one attached hydrogen (secondary N) is 2. The van der Waals surface area contributed by atoms with Gasteiger partial charge in [0.2, 0.25) is 11.7 Å². The second kappa shape index (κ2) is 4.41. The fraction of sp³-hybridized carbons (Fsp3) is 0.0909. The average molecular weight is 258 g/mol. The van der Waals surface area contributed by atoms with E-state index in [1.165, 1.54) is 6.26 Å². The average Bonchev–Trinajstić information content (AvgIpc) is 3.05. The van der Waals surface area contributed by atoms with Gasteiger partial charge >= 0.3 is 0 Å². The number of hydrogen-bond acceptors (Lipinski definition) is 7. The predicted octanol–water partition coefficient (Wildman–Crippen LogP) is 0.823. The summed E-state index contributed by atoms with van der Waals surface area (Å²) >= 11 is 0. The van der Waals surface area contributed by atoms with Crippen molar-refractivity contribution >= 4 is 28.6 Å². The molecule has 0 amide bonds. The topological polar surface area (TPSA) is 123 Å². The minimum Gasteiger partial charge on any atom is -0.461 e. The number of Topliss-reactive ketones (excluding diaryl/α,β-unsaturated/α-hetero) is 1. The van der Waals surface area contributed by atoms with Gasteiger partial charge in [0.15, 0.2) is 11.4 Å². The van der Waals surface area contributed by atoms with Gasteiger partial charge in [0.05, 0.1) is 24.4 Å². The van der Waals surface area contributed by atoms with Crippen molar-refractivity contribution in [2.75, 3.05) is 17.6 Å². The van der Waals surface area contributed by atoms with Crippen LogP contribution in [0.25, 0.3) is 11.0 Å². The molecule has 0 aliphatic carbocycles. The Morgan fingerprint density at radius 1 is 1.47 bits per heavy atom. The molecule has 8 nitrogen and oxygen atoms in total. The van der Waals surface area contributed by atoms with Crippen LogP contribution in [0.4, 0.5) is 11.8 Å². The van der Waals surface area contributed by atoms with E-state index in [1.54, 1.807) is 18.3 Å². The van der Waals surface area contributed by atoms with Crippen LogP contribution in [0.5, 0.6) is 0 Å². The van der Waals surface area contributed by atoms with Crippen LogP contribution in [-0.2, 0) is 0 Å². The third-order valence-electron chi connectivity index (χ3n) is 2.54. The van der Waals surface area contributed by atoms with E-state index in [2.05, 4.69) is 25.5 Å². The normalized spacial score (nSPS) is 10.7. The van der Waals surface area contributed by atoms with Crippen LogP contribution < -0.4 is 11.1 Å². The third-order valence-corrected chi connectivity index (χ3v) is 2.54. The number of anilines is 2. The summed E-state index contributed by atoms with van der Waals surface area (Å²) in [5.74, 6) is 0.664. The molecule has 3 aromatic rings. The second-order valence-corrected chi connectivity index (χ2v) is 3.82. The van der Waals surface area contributed by atoms with Crippen molar-refractivity contribution in [3.05, 3.63) is 30.4 Å². The maximum absolute atomic E-state index is 11.8. The number of aromatic nitrogens is 4. The van der Waals surface area contributed by atoms with Gasteiger partial charge in [-0.2, -0.15) is 15.1 Å². The van der Waals surface area contributed by atoms with Gasteiger partial charge in [-0.25, -0.2) is 0 Å². The highest BCUT2D eigenvalue weighted by molar-refractivity contribution is 5.97. The van der Waals surface area contributed by atoms with Gasteiger partial charge in [-0.3, -0.25) is 9.89 Å². The minimum absolute atomic E-state index is 0.0459. The summed E-state index contributed by atoms with van der Waals surface area (Å²) in [6.45, 7) is 0.0459. The largest absolute Gasteiger partial charge is 0.461 e. The first-order chi connectivity index (χ1) is 9.24. The van der Waals surface area contributed by atoms with Crippen molar-refractivity contribution in [1.29, 1.82) is 0 Å². The van der Waals surface area contributed by atoms with Gasteiger partial charge in [-0.05, 0) is 12.1 Å². The number of fused-ring (bicyclic) bond motifs is 1. The van der Waals surface area contributed by atoms with E-state index < -0.39 is 0 Å². The van der Waals surface area contributed by atoms with E-state index in [1.807, 2.05) is 0 Å². The van der Waals surface area contributed by atoms with Crippen molar-refractivity contribution < 1.29 is 9.21 Å². The Hall–Kier alpha value is -2.90. The van der Waals surface area contributed by atoms with Gasteiger partial charge in [-0.1, -0.05) is 0 Å². The molecule has 0 bridgehead atoms. The lowest BCUT2D eigenvalue weighted by molar-refractivity contribution is 0.0980. The van der Waals surface area contributed by atoms with E-state index >= 15 is 0 Å². The quantitative estimate of drug-likeness (QED) is 0.592. The monoisotopic (exact) mass is 258 g/mol. The van der Waals surface area contributed by atoms with Crippen molar-refractivity contribution in [3.8, 4) is 0 Å². The van der Waals surface area contributed by atoms with Crippen molar-refractivity contribution in [2.24, 2.45) is 0 Å². The zero-order chi connectivity index (χ0) is 13.2. The van der Waals surface area contributed by atoms with Gasteiger partial charge in [0.1, 0.15) is 5.82 Å². The SMILES string of the molecule is Nc1nc(NCC(=O)c2ccco2)c2cn[nH]c2n1. The van der Waals surface area contributed by atoms with Gasteiger partial charge < -0.3 is 15.5 Å². The summed E-state index contributed by atoms with van der Waals surface area (Å²) in [6.07, 6.45) is 3.01. The lowest BCUT2D eigenvalue weighted by Gasteiger charge is -2.05. The van der Waals surface area contributed by atoms with Crippen LogP contribution in [0, 0.1) is 0 Å². The molecule has 0 radical (unpaired) electrons. The highest BCUT2D eigenvalue weighted by Crippen LogP contribution is 2.18. The number of hydrogen-bond donors (Lipinski definition) is 3. The lowest BCUT2D eigenvalue weighted by atomic mass is 10.3. The Kier molecular flexibility index (Phi) is 2.60. The van der Waals surface area contributed by atoms with Crippen LogP contribution in [0.2, 0.25) is 0 Å². The van der Waals surface area contributed by atoms with E-state index in [9.17, 15) is 4.79 Å². The summed E-state index contributed by atoms with van der Waals surface area (Å²) in [5, 5.41) is 10.1. The molecule has 0 unspecified atom stereocenters. The van der Waals surface area contributed by atoms with Gasteiger partial charge in [0, 0.05) is 0 Å². The Balaban J connectivity index is 1.82. The first-order valence-electron chi connectivity index (χ1n) is 5.51. The Morgan fingerprint density at radius 3 is 3.16 bits per heavy atom. The maximum atomic E-state index is 11.8. The maximum Gasteiger partial charge on any atom is 0.224 e. The first-order valence-corrected chi connectivity index (χ1v) is 5.51. The zero-order valence-corrected chi connectivity index (χ0v) is 9.75. The van der Waals surface area contributed by atoms with Gasteiger partial charge in [0.25, 0.3) is 0 Å². The number of H-pyrrole nitrogens is 1. The molecule has 0 atom stereocenters. The number of carbonyl (C=O) groups excluding carboxylic acids is 1. The minimum atomic E-state index is -0.182. The van der Waals surface area contributed by atoms with Crippen LogP contribution in [-0.4, -0.2) is 32.5 Å². The number of aromatic amines is 1. The summed E-state index contributed by atoms with van der Waals surface area (Å²) in [4.78, 5) is 19.8.